The minimum absolute atomic E-state index is 0. The number of aromatic amines is 1. The van der Waals surface area contributed by atoms with Crippen LogP contribution in [0.4, 0.5) is 13.2 Å². The van der Waals surface area contributed by atoms with Gasteiger partial charge in [0, 0.05) is 11.7 Å². The second kappa shape index (κ2) is 6.52. The van der Waals surface area contributed by atoms with Gasteiger partial charge in [-0.25, -0.2) is 0 Å². The number of hydrogen-bond donors (Lipinski definition) is 2. The highest BCUT2D eigenvalue weighted by atomic mass is 35.5. The van der Waals surface area contributed by atoms with Gasteiger partial charge in [0.1, 0.15) is 5.75 Å². The number of benzene rings is 2. The van der Waals surface area contributed by atoms with Gasteiger partial charge in [0.15, 0.2) is 0 Å². The SMILES string of the molecule is Cl.N[C@H](c1ccc(OC(F)(F)F)cc1)c1ccc2[nH]ccc2c1. The number of halogens is 4. The van der Waals surface area contributed by atoms with Crippen molar-refractivity contribution in [1.82, 2.24) is 4.98 Å². The van der Waals surface area contributed by atoms with Crippen molar-refractivity contribution in [2.45, 2.75) is 12.4 Å². The maximum absolute atomic E-state index is 12.1. The van der Waals surface area contributed by atoms with Gasteiger partial charge < -0.3 is 15.5 Å². The highest BCUT2D eigenvalue weighted by Crippen LogP contribution is 2.27. The molecule has 1 aromatic heterocycles. The van der Waals surface area contributed by atoms with Crippen LogP contribution in [0.5, 0.6) is 5.75 Å². The smallest absolute Gasteiger partial charge is 0.406 e. The molecule has 0 unspecified atom stereocenters. The summed E-state index contributed by atoms with van der Waals surface area (Å²) in [7, 11) is 0. The Labute approximate surface area is 136 Å². The Hall–Kier alpha value is -2.18. The Morgan fingerprint density at radius 2 is 1.61 bits per heavy atom. The van der Waals surface area contributed by atoms with E-state index < -0.39 is 12.4 Å². The third-order valence-electron chi connectivity index (χ3n) is 3.41. The standard InChI is InChI=1S/C16H13F3N2O.ClH/c17-16(18,19)22-13-4-1-10(2-5-13)15(20)12-3-6-14-11(9-12)7-8-21-14;/h1-9,15,21H,20H2;1H/t15-;/m1./s1. The lowest BCUT2D eigenvalue weighted by Crippen LogP contribution is -2.17. The molecule has 0 aliphatic rings. The van der Waals surface area contributed by atoms with E-state index in [4.69, 9.17) is 5.73 Å². The van der Waals surface area contributed by atoms with E-state index in [0.29, 0.717) is 5.56 Å². The van der Waals surface area contributed by atoms with Gasteiger partial charge in [-0.15, -0.1) is 25.6 Å². The van der Waals surface area contributed by atoms with Crippen molar-refractivity contribution in [2.75, 3.05) is 0 Å². The van der Waals surface area contributed by atoms with E-state index in [2.05, 4.69) is 9.72 Å². The Bertz CT molecular complexity index is 784. The van der Waals surface area contributed by atoms with Crippen LogP contribution in [0.15, 0.2) is 54.7 Å². The number of hydrogen-bond acceptors (Lipinski definition) is 2. The van der Waals surface area contributed by atoms with Crippen molar-refractivity contribution in [3.05, 3.63) is 65.9 Å². The van der Waals surface area contributed by atoms with Crippen LogP contribution in [0.2, 0.25) is 0 Å². The van der Waals surface area contributed by atoms with Crippen LogP contribution in [0, 0.1) is 0 Å². The van der Waals surface area contributed by atoms with E-state index in [1.807, 2.05) is 30.5 Å². The predicted molar refractivity (Wildman–Crippen MR) is 84.7 cm³/mol. The molecule has 0 aliphatic heterocycles. The molecule has 2 aromatic carbocycles. The van der Waals surface area contributed by atoms with Gasteiger partial charge in [-0.05, 0) is 46.8 Å². The molecule has 0 fully saturated rings. The summed E-state index contributed by atoms with van der Waals surface area (Å²) in [6.45, 7) is 0. The normalized spacial score (nSPS) is 12.7. The van der Waals surface area contributed by atoms with Crippen LogP contribution in [0.25, 0.3) is 10.9 Å². The number of ether oxygens (including phenoxy) is 1. The summed E-state index contributed by atoms with van der Waals surface area (Å²) in [5, 5.41) is 1.03. The number of alkyl halides is 3. The van der Waals surface area contributed by atoms with Crippen molar-refractivity contribution >= 4 is 23.3 Å². The third kappa shape index (κ3) is 3.97. The molecule has 7 heteroatoms. The summed E-state index contributed by atoms with van der Waals surface area (Å²) in [5.41, 5.74) is 8.78. The Balaban J connectivity index is 0.00000192. The van der Waals surface area contributed by atoms with Gasteiger partial charge >= 0.3 is 6.36 Å². The molecule has 0 radical (unpaired) electrons. The van der Waals surface area contributed by atoms with Crippen LogP contribution in [0.1, 0.15) is 17.2 Å². The van der Waals surface area contributed by atoms with Crippen LogP contribution < -0.4 is 10.5 Å². The zero-order valence-corrected chi connectivity index (χ0v) is 12.6. The Morgan fingerprint density at radius 3 is 2.26 bits per heavy atom. The molecule has 0 bridgehead atoms. The number of nitrogens with two attached hydrogens (primary N) is 1. The van der Waals surface area contributed by atoms with Gasteiger partial charge in [0.25, 0.3) is 0 Å². The van der Waals surface area contributed by atoms with E-state index in [1.165, 1.54) is 24.3 Å². The number of H-pyrrole nitrogens is 1. The summed E-state index contributed by atoms with van der Waals surface area (Å²) in [6.07, 6.45) is -2.85. The van der Waals surface area contributed by atoms with Gasteiger partial charge in [-0.2, -0.15) is 0 Å². The highest BCUT2D eigenvalue weighted by molar-refractivity contribution is 5.85. The molecule has 23 heavy (non-hydrogen) atoms. The molecule has 122 valence electrons. The fourth-order valence-electron chi connectivity index (χ4n) is 2.33. The fourth-order valence-corrected chi connectivity index (χ4v) is 2.33. The molecular weight excluding hydrogens is 329 g/mol. The minimum Gasteiger partial charge on any atom is -0.406 e. The average Bonchev–Trinajstić information content (AvgIpc) is 2.93. The maximum atomic E-state index is 12.1. The summed E-state index contributed by atoms with van der Waals surface area (Å²) in [6, 6.07) is 12.9. The summed E-state index contributed by atoms with van der Waals surface area (Å²) in [4.78, 5) is 3.09. The number of fused-ring (bicyclic) bond motifs is 1. The van der Waals surface area contributed by atoms with Crippen molar-refractivity contribution in [2.24, 2.45) is 5.73 Å². The zero-order chi connectivity index (χ0) is 15.7. The summed E-state index contributed by atoms with van der Waals surface area (Å²) < 4.78 is 40.2. The lowest BCUT2D eigenvalue weighted by atomic mass is 9.98. The maximum Gasteiger partial charge on any atom is 0.573 e. The van der Waals surface area contributed by atoms with E-state index in [-0.39, 0.29) is 18.2 Å². The summed E-state index contributed by atoms with van der Waals surface area (Å²) >= 11 is 0. The lowest BCUT2D eigenvalue weighted by molar-refractivity contribution is -0.274. The molecule has 3 rings (SSSR count). The second-order valence-corrected chi connectivity index (χ2v) is 4.92. The van der Waals surface area contributed by atoms with Gasteiger partial charge in [0.2, 0.25) is 0 Å². The highest BCUT2D eigenvalue weighted by Gasteiger charge is 2.31. The average molecular weight is 343 g/mol. The molecule has 0 amide bonds. The van der Waals surface area contributed by atoms with Crippen molar-refractivity contribution in [3.8, 4) is 5.75 Å². The quantitative estimate of drug-likeness (QED) is 0.734. The first-order chi connectivity index (χ1) is 10.4. The fraction of sp³-hybridized carbons (Fsp3) is 0.125. The number of nitrogens with one attached hydrogen (secondary N) is 1. The van der Waals surface area contributed by atoms with Gasteiger partial charge in [-0.1, -0.05) is 18.2 Å². The topological polar surface area (TPSA) is 51.0 Å². The molecule has 3 aromatic rings. The van der Waals surface area contributed by atoms with E-state index in [9.17, 15) is 13.2 Å². The van der Waals surface area contributed by atoms with Crippen LogP contribution in [-0.4, -0.2) is 11.3 Å². The van der Waals surface area contributed by atoms with Crippen molar-refractivity contribution < 1.29 is 17.9 Å². The first-order valence-electron chi connectivity index (χ1n) is 6.61. The third-order valence-corrected chi connectivity index (χ3v) is 3.41. The minimum atomic E-state index is -4.69. The molecule has 1 heterocycles. The van der Waals surface area contributed by atoms with E-state index in [0.717, 1.165) is 16.5 Å². The predicted octanol–water partition coefficient (Wildman–Crippen LogP) is 4.54. The molecule has 3 nitrogen and oxygen atoms in total. The molecule has 0 aliphatic carbocycles. The Kier molecular flexibility index (Phi) is 4.87. The molecular formula is C16H14ClF3N2O. The monoisotopic (exact) mass is 342 g/mol. The summed E-state index contributed by atoms with van der Waals surface area (Å²) in [5.74, 6) is -0.260. The van der Waals surface area contributed by atoms with E-state index >= 15 is 0 Å². The first kappa shape index (κ1) is 17.2. The van der Waals surface area contributed by atoms with E-state index in [1.54, 1.807) is 0 Å². The molecule has 1 atom stereocenters. The van der Waals surface area contributed by atoms with Crippen LogP contribution >= 0.6 is 12.4 Å². The van der Waals surface area contributed by atoms with Crippen LogP contribution in [-0.2, 0) is 0 Å². The number of rotatable bonds is 3. The molecule has 0 saturated carbocycles. The molecule has 0 saturated heterocycles. The van der Waals surface area contributed by atoms with Crippen LogP contribution in [0.3, 0.4) is 0 Å². The largest absolute Gasteiger partial charge is 0.573 e. The molecule has 0 spiro atoms. The Morgan fingerprint density at radius 1 is 0.957 bits per heavy atom. The van der Waals surface area contributed by atoms with Crippen molar-refractivity contribution in [3.63, 3.8) is 0 Å². The number of aromatic nitrogens is 1. The van der Waals surface area contributed by atoms with Gasteiger partial charge in [-0.3, -0.25) is 0 Å². The molecule has 3 N–H and O–H groups in total. The van der Waals surface area contributed by atoms with Gasteiger partial charge in [0.05, 0.1) is 6.04 Å². The first-order valence-corrected chi connectivity index (χ1v) is 6.61. The second-order valence-electron chi connectivity index (χ2n) is 4.92. The van der Waals surface area contributed by atoms with Crippen molar-refractivity contribution in [1.29, 1.82) is 0 Å². The zero-order valence-electron chi connectivity index (χ0n) is 11.8. The lowest BCUT2D eigenvalue weighted by Gasteiger charge is -2.14.